The van der Waals surface area contributed by atoms with Gasteiger partial charge in [-0.3, -0.25) is 9.10 Å². The summed E-state index contributed by atoms with van der Waals surface area (Å²) in [5.41, 5.74) is 2.71. The quantitative estimate of drug-likeness (QED) is 0.750. The molecule has 0 spiro atoms. The van der Waals surface area contributed by atoms with Gasteiger partial charge >= 0.3 is 0 Å². The van der Waals surface area contributed by atoms with Crippen molar-refractivity contribution in [1.82, 2.24) is 5.32 Å². The summed E-state index contributed by atoms with van der Waals surface area (Å²) in [5.74, 6) is -0.307. The SMILES string of the molecule is CCc1ccc(C(C)NC(=O)C(CC)N(c2ccccc2)S(C)(=O)=O)cc1. The first-order valence-electron chi connectivity index (χ1n) is 9.21. The Labute approximate surface area is 162 Å². The molecule has 0 saturated heterocycles. The Bertz CT molecular complexity index is 849. The number of nitrogens with one attached hydrogen (secondary N) is 1. The molecule has 0 aliphatic carbocycles. The smallest absolute Gasteiger partial charge is 0.244 e. The highest BCUT2D eigenvalue weighted by atomic mass is 32.2. The minimum absolute atomic E-state index is 0.213. The fourth-order valence-electron chi connectivity index (χ4n) is 3.07. The first kappa shape index (κ1) is 21.0. The lowest BCUT2D eigenvalue weighted by atomic mass is 10.0. The molecule has 0 fully saturated rings. The Morgan fingerprint density at radius 1 is 1.04 bits per heavy atom. The normalized spacial score (nSPS) is 13.6. The summed E-state index contributed by atoms with van der Waals surface area (Å²) in [6, 6.07) is 15.8. The van der Waals surface area contributed by atoms with E-state index in [1.807, 2.05) is 44.2 Å². The van der Waals surface area contributed by atoms with Gasteiger partial charge in [-0.1, -0.05) is 56.3 Å². The summed E-state index contributed by atoms with van der Waals surface area (Å²) in [5, 5.41) is 2.96. The standard InChI is InChI=1S/C21H28N2O3S/c1-5-17-12-14-18(15-13-17)16(3)22-21(24)20(6-2)23(27(4,25)26)19-10-8-7-9-11-19/h7-16,20H,5-6H2,1-4H3,(H,22,24). The number of anilines is 1. The van der Waals surface area contributed by atoms with E-state index in [2.05, 4.69) is 12.2 Å². The highest BCUT2D eigenvalue weighted by Gasteiger charge is 2.32. The predicted octanol–water partition coefficient (Wildman–Crippen LogP) is 3.67. The van der Waals surface area contributed by atoms with E-state index < -0.39 is 16.1 Å². The molecule has 0 saturated carbocycles. The van der Waals surface area contributed by atoms with Crippen molar-refractivity contribution in [3.63, 3.8) is 0 Å². The lowest BCUT2D eigenvalue weighted by Crippen LogP contribution is -2.49. The van der Waals surface area contributed by atoms with Crippen molar-refractivity contribution in [3.8, 4) is 0 Å². The third kappa shape index (κ3) is 5.32. The molecule has 2 atom stereocenters. The number of sulfonamides is 1. The first-order chi connectivity index (χ1) is 12.8. The maximum atomic E-state index is 12.9. The van der Waals surface area contributed by atoms with Crippen LogP contribution in [0.5, 0.6) is 0 Å². The van der Waals surface area contributed by atoms with Crippen molar-refractivity contribution in [2.75, 3.05) is 10.6 Å². The van der Waals surface area contributed by atoms with Crippen LogP contribution in [0, 0.1) is 0 Å². The van der Waals surface area contributed by atoms with Crippen LogP contribution in [0.15, 0.2) is 54.6 Å². The lowest BCUT2D eigenvalue weighted by Gasteiger charge is -2.31. The molecule has 2 unspecified atom stereocenters. The number of rotatable bonds is 8. The van der Waals surface area contributed by atoms with E-state index >= 15 is 0 Å². The van der Waals surface area contributed by atoms with Crippen LogP contribution < -0.4 is 9.62 Å². The molecular formula is C21H28N2O3S. The first-order valence-corrected chi connectivity index (χ1v) is 11.1. The third-order valence-corrected chi connectivity index (χ3v) is 5.77. The summed E-state index contributed by atoms with van der Waals surface area (Å²) in [6.07, 6.45) is 2.46. The van der Waals surface area contributed by atoms with Gasteiger partial charge in [0.2, 0.25) is 15.9 Å². The van der Waals surface area contributed by atoms with Crippen LogP contribution in [-0.2, 0) is 21.2 Å². The fraction of sp³-hybridized carbons (Fsp3) is 0.381. The van der Waals surface area contributed by atoms with Crippen molar-refractivity contribution in [3.05, 3.63) is 65.7 Å². The molecule has 0 radical (unpaired) electrons. The second kappa shape index (κ2) is 9.04. The zero-order valence-electron chi connectivity index (χ0n) is 16.3. The Kier molecular flexibility index (Phi) is 7.02. The van der Waals surface area contributed by atoms with Gasteiger partial charge in [-0.2, -0.15) is 0 Å². The third-order valence-electron chi connectivity index (χ3n) is 4.59. The summed E-state index contributed by atoms with van der Waals surface area (Å²) < 4.78 is 26.0. The van der Waals surface area contributed by atoms with E-state index in [4.69, 9.17) is 0 Å². The van der Waals surface area contributed by atoms with Crippen molar-refractivity contribution < 1.29 is 13.2 Å². The van der Waals surface area contributed by atoms with Crippen LogP contribution in [-0.4, -0.2) is 26.6 Å². The highest BCUT2D eigenvalue weighted by molar-refractivity contribution is 7.92. The topological polar surface area (TPSA) is 66.5 Å². The van der Waals surface area contributed by atoms with E-state index in [1.165, 1.54) is 9.87 Å². The molecule has 1 N–H and O–H groups in total. The minimum atomic E-state index is -3.61. The molecule has 0 aliphatic rings. The lowest BCUT2D eigenvalue weighted by molar-refractivity contribution is -0.122. The van der Waals surface area contributed by atoms with E-state index in [-0.39, 0.29) is 11.9 Å². The number of benzene rings is 2. The van der Waals surface area contributed by atoms with E-state index in [0.29, 0.717) is 12.1 Å². The Hall–Kier alpha value is -2.34. The average Bonchev–Trinajstić information content (AvgIpc) is 2.65. The molecule has 27 heavy (non-hydrogen) atoms. The van der Waals surface area contributed by atoms with Crippen LogP contribution in [0.2, 0.25) is 0 Å². The number of carbonyl (C=O) groups excluding carboxylic acids is 1. The van der Waals surface area contributed by atoms with Crippen LogP contribution >= 0.6 is 0 Å². The zero-order chi connectivity index (χ0) is 20.0. The monoisotopic (exact) mass is 388 g/mol. The van der Waals surface area contributed by atoms with Gasteiger partial charge in [0.25, 0.3) is 0 Å². The Morgan fingerprint density at radius 3 is 2.11 bits per heavy atom. The molecule has 0 heterocycles. The van der Waals surface area contributed by atoms with Gasteiger partial charge in [0.05, 0.1) is 18.0 Å². The second-order valence-electron chi connectivity index (χ2n) is 6.64. The van der Waals surface area contributed by atoms with E-state index in [0.717, 1.165) is 18.2 Å². The number of hydrogen-bond acceptors (Lipinski definition) is 3. The Morgan fingerprint density at radius 2 is 1.63 bits per heavy atom. The molecule has 146 valence electrons. The number of nitrogens with zero attached hydrogens (tertiary/aromatic N) is 1. The van der Waals surface area contributed by atoms with Crippen LogP contribution in [0.4, 0.5) is 5.69 Å². The summed E-state index contributed by atoms with van der Waals surface area (Å²) in [6.45, 7) is 5.81. The second-order valence-corrected chi connectivity index (χ2v) is 8.50. The summed E-state index contributed by atoms with van der Waals surface area (Å²) in [7, 11) is -3.61. The van der Waals surface area contributed by atoms with Crippen LogP contribution in [0.3, 0.4) is 0 Å². The molecule has 1 amide bonds. The molecule has 6 heteroatoms. The molecule has 0 bridgehead atoms. The van der Waals surface area contributed by atoms with Crippen LogP contribution in [0.25, 0.3) is 0 Å². The van der Waals surface area contributed by atoms with Crippen molar-refractivity contribution >= 4 is 21.6 Å². The van der Waals surface area contributed by atoms with Gasteiger partial charge < -0.3 is 5.32 Å². The predicted molar refractivity (Wildman–Crippen MR) is 110 cm³/mol. The average molecular weight is 389 g/mol. The maximum absolute atomic E-state index is 12.9. The molecule has 2 rings (SSSR count). The summed E-state index contributed by atoms with van der Waals surface area (Å²) in [4.78, 5) is 12.9. The maximum Gasteiger partial charge on any atom is 0.244 e. The van der Waals surface area contributed by atoms with Gasteiger partial charge in [-0.05, 0) is 43.0 Å². The van der Waals surface area contributed by atoms with Gasteiger partial charge in [0, 0.05) is 0 Å². The molecule has 2 aromatic rings. The van der Waals surface area contributed by atoms with Crippen molar-refractivity contribution in [2.24, 2.45) is 0 Å². The number of carbonyl (C=O) groups is 1. The van der Waals surface area contributed by atoms with Gasteiger partial charge in [-0.15, -0.1) is 0 Å². The summed E-state index contributed by atoms with van der Waals surface area (Å²) >= 11 is 0. The van der Waals surface area contributed by atoms with Crippen LogP contribution in [0.1, 0.15) is 44.4 Å². The molecular weight excluding hydrogens is 360 g/mol. The van der Waals surface area contributed by atoms with E-state index in [9.17, 15) is 13.2 Å². The zero-order valence-corrected chi connectivity index (χ0v) is 17.2. The van der Waals surface area contributed by atoms with Crippen molar-refractivity contribution in [1.29, 1.82) is 0 Å². The Balaban J connectivity index is 2.24. The number of amides is 1. The fourth-order valence-corrected chi connectivity index (χ4v) is 4.28. The van der Waals surface area contributed by atoms with Gasteiger partial charge in [0.1, 0.15) is 6.04 Å². The van der Waals surface area contributed by atoms with Gasteiger partial charge in [0.15, 0.2) is 0 Å². The van der Waals surface area contributed by atoms with Crippen molar-refractivity contribution in [2.45, 2.75) is 45.7 Å². The molecule has 0 aliphatic heterocycles. The molecule has 0 aromatic heterocycles. The van der Waals surface area contributed by atoms with Gasteiger partial charge in [-0.25, -0.2) is 8.42 Å². The molecule has 5 nitrogen and oxygen atoms in total. The number of para-hydroxylation sites is 1. The molecule has 2 aromatic carbocycles. The minimum Gasteiger partial charge on any atom is -0.348 e. The highest BCUT2D eigenvalue weighted by Crippen LogP contribution is 2.23. The number of aryl methyl sites for hydroxylation is 1. The largest absolute Gasteiger partial charge is 0.348 e. The number of hydrogen-bond donors (Lipinski definition) is 1. The van der Waals surface area contributed by atoms with E-state index in [1.54, 1.807) is 24.3 Å².